The highest BCUT2D eigenvalue weighted by molar-refractivity contribution is 6.24. The number of benzene rings is 1. The quantitative estimate of drug-likeness (QED) is 0.614. The van der Waals surface area contributed by atoms with Gasteiger partial charge in [-0.15, -0.1) is 0 Å². The molecule has 0 spiro atoms. The van der Waals surface area contributed by atoms with Crippen molar-refractivity contribution in [2.45, 2.75) is 19.3 Å². The lowest BCUT2D eigenvalue weighted by Crippen LogP contribution is -2.01. The van der Waals surface area contributed by atoms with E-state index in [9.17, 15) is 14.4 Å². The summed E-state index contributed by atoms with van der Waals surface area (Å²) in [6, 6.07) is 8.48. The molecule has 0 aromatic carbocycles. The van der Waals surface area contributed by atoms with Gasteiger partial charge in [0.15, 0.2) is 12.1 Å². The van der Waals surface area contributed by atoms with Gasteiger partial charge in [0, 0.05) is 12.8 Å². The minimum atomic E-state index is -0.946. The summed E-state index contributed by atoms with van der Waals surface area (Å²) in [6.45, 7) is 0. The smallest absolute Gasteiger partial charge is 0.303 e. The first-order valence-corrected chi connectivity index (χ1v) is 4.93. The monoisotopic (exact) mass is 220 g/mol. The third kappa shape index (κ3) is 3.65. The van der Waals surface area contributed by atoms with Crippen molar-refractivity contribution in [3.63, 3.8) is 0 Å². The summed E-state index contributed by atoms with van der Waals surface area (Å²) in [7, 11) is 0. The summed E-state index contributed by atoms with van der Waals surface area (Å²) in [4.78, 5) is 29.8. The fourth-order valence-corrected chi connectivity index (χ4v) is 1.14. The predicted octanol–water partition coefficient (Wildman–Crippen LogP) is 1.68. The Hall–Kier alpha value is -1.97. The van der Waals surface area contributed by atoms with E-state index in [1.165, 1.54) is 11.1 Å². The van der Waals surface area contributed by atoms with Crippen molar-refractivity contribution in [1.29, 1.82) is 0 Å². The molecule has 0 saturated heterocycles. The van der Waals surface area contributed by atoms with Crippen molar-refractivity contribution in [3.05, 3.63) is 24.3 Å². The standard InChI is InChI=1S/C6H8O4.C6H4/c7-4-5(8)2-1-3-6(9)10;1-2-6-4-3-5(1)6/h4H,1-3H2,(H,9,10);1-4H. The summed E-state index contributed by atoms with van der Waals surface area (Å²) in [5, 5.41) is 8.10. The van der Waals surface area contributed by atoms with Gasteiger partial charge in [-0.25, -0.2) is 0 Å². The normalized spacial score (nSPS) is 9.75. The molecule has 0 radical (unpaired) electrons. The Balaban J connectivity index is 0.000000176. The molecule has 0 fully saturated rings. The minimum absolute atomic E-state index is 0.0375. The molecule has 0 amide bonds. The topological polar surface area (TPSA) is 71.4 Å². The van der Waals surface area contributed by atoms with Crippen LogP contribution in [0.1, 0.15) is 19.3 Å². The van der Waals surface area contributed by atoms with Crippen molar-refractivity contribution in [3.8, 4) is 11.1 Å². The van der Waals surface area contributed by atoms with Crippen molar-refractivity contribution in [2.24, 2.45) is 0 Å². The number of fused-ring (bicyclic) bond motifs is 1. The van der Waals surface area contributed by atoms with E-state index in [-0.39, 0.29) is 25.5 Å². The molecule has 2 aliphatic carbocycles. The number of carbonyl (C=O) groups excluding carboxylic acids is 2. The third-order valence-electron chi connectivity index (χ3n) is 2.16. The maximum atomic E-state index is 10.2. The van der Waals surface area contributed by atoms with E-state index >= 15 is 0 Å². The number of hydrogen-bond acceptors (Lipinski definition) is 3. The number of carbonyl (C=O) groups is 3. The molecule has 0 unspecified atom stereocenters. The lowest BCUT2D eigenvalue weighted by atomic mass is 9.95. The number of aliphatic carboxylic acids is 1. The number of aldehydes is 1. The molecular weight excluding hydrogens is 208 g/mol. The Kier molecular flexibility index (Phi) is 4.39. The highest BCUT2D eigenvalue weighted by Gasteiger charge is 2.04. The molecule has 2 aliphatic rings. The zero-order valence-corrected chi connectivity index (χ0v) is 8.68. The van der Waals surface area contributed by atoms with E-state index in [0.29, 0.717) is 0 Å². The van der Waals surface area contributed by atoms with E-state index in [4.69, 9.17) is 5.11 Å². The first-order valence-electron chi connectivity index (χ1n) is 4.93. The van der Waals surface area contributed by atoms with Gasteiger partial charge in [-0.05, 0) is 17.5 Å². The van der Waals surface area contributed by atoms with Crippen LogP contribution >= 0.6 is 0 Å². The highest BCUT2D eigenvalue weighted by atomic mass is 16.4. The van der Waals surface area contributed by atoms with E-state index in [2.05, 4.69) is 24.3 Å². The zero-order valence-electron chi connectivity index (χ0n) is 8.68. The van der Waals surface area contributed by atoms with Crippen LogP contribution in [0, 0.1) is 0 Å². The number of carboxylic acid groups (broad SMARTS) is 1. The van der Waals surface area contributed by atoms with E-state index in [0.717, 1.165) is 0 Å². The highest BCUT2D eigenvalue weighted by Crippen LogP contribution is 2.29. The lowest BCUT2D eigenvalue weighted by Gasteiger charge is -2.10. The van der Waals surface area contributed by atoms with Crippen LogP contribution in [0.15, 0.2) is 24.3 Å². The largest absolute Gasteiger partial charge is 0.481 e. The van der Waals surface area contributed by atoms with Crippen LogP contribution in [-0.4, -0.2) is 23.1 Å². The first kappa shape index (κ1) is 12.1. The van der Waals surface area contributed by atoms with Gasteiger partial charge in [-0.3, -0.25) is 14.4 Å². The summed E-state index contributed by atoms with van der Waals surface area (Å²) in [5.74, 6) is -1.49. The molecule has 4 nitrogen and oxygen atoms in total. The summed E-state index contributed by atoms with van der Waals surface area (Å²) in [6.07, 6.45) is 0.435. The Morgan fingerprint density at radius 3 is 1.81 bits per heavy atom. The average molecular weight is 220 g/mol. The zero-order chi connectivity index (χ0) is 12.0. The minimum Gasteiger partial charge on any atom is -0.481 e. The fourth-order valence-electron chi connectivity index (χ4n) is 1.14. The van der Waals surface area contributed by atoms with Gasteiger partial charge in [0.25, 0.3) is 0 Å². The van der Waals surface area contributed by atoms with Crippen LogP contribution < -0.4 is 0 Å². The molecule has 1 N–H and O–H groups in total. The van der Waals surface area contributed by atoms with Crippen molar-refractivity contribution in [1.82, 2.24) is 0 Å². The second-order valence-corrected chi connectivity index (χ2v) is 3.41. The van der Waals surface area contributed by atoms with Gasteiger partial charge in [0.2, 0.25) is 0 Å². The second kappa shape index (κ2) is 5.80. The van der Waals surface area contributed by atoms with Crippen LogP contribution in [0.2, 0.25) is 0 Å². The molecule has 84 valence electrons. The van der Waals surface area contributed by atoms with Gasteiger partial charge in [0.05, 0.1) is 0 Å². The van der Waals surface area contributed by atoms with Crippen molar-refractivity contribution in [2.75, 3.05) is 0 Å². The molecule has 0 saturated carbocycles. The predicted molar refractivity (Wildman–Crippen MR) is 58.0 cm³/mol. The van der Waals surface area contributed by atoms with Crippen LogP contribution in [0.3, 0.4) is 0 Å². The first-order chi connectivity index (χ1) is 7.63. The van der Waals surface area contributed by atoms with Crippen LogP contribution in [0.4, 0.5) is 0 Å². The van der Waals surface area contributed by atoms with Gasteiger partial charge >= 0.3 is 5.97 Å². The second-order valence-electron chi connectivity index (χ2n) is 3.41. The van der Waals surface area contributed by atoms with Crippen LogP contribution in [0.5, 0.6) is 0 Å². The van der Waals surface area contributed by atoms with Crippen molar-refractivity contribution < 1.29 is 19.5 Å². The van der Waals surface area contributed by atoms with E-state index in [1.807, 2.05) is 0 Å². The molecule has 0 atom stereocenters. The van der Waals surface area contributed by atoms with Gasteiger partial charge in [-0.2, -0.15) is 0 Å². The fraction of sp³-hybridized carbons (Fsp3) is 0.250. The molecule has 16 heavy (non-hydrogen) atoms. The van der Waals surface area contributed by atoms with Gasteiger partial charge in [-0.1, -0.05) is 24.3 Å². The van der Waals surface area contributed by atoms with Gasteiger partial charge in [0.1, 0.15) is 0 Å². The van der Waals surface area contributed by atoms with E-state index < -0.39 is 11.8 Å². The molecule has 4 heteroatoms. The molecule has 0 aromatic rings. The Morgan fingerprint density at radius 2 is 1.56 bits per heavy atom. The molecule has 0 heterocycles. The van der Waals surface area contributed by atoms with Crippen LogP contribution in [0.25, 0.3) is 11.1 Å². The molecule has 2 rings (SSSR count). The third-order valence-corrected chi connectivity index (χ3v) is 2.16. The molecular formula is C12H12O4. The van der Waals surface area contributed by atoms with Crippen molar-refractivity contribution >= 4 is 18.0 Å². The molecule has 0 aromatic heterocycles. The number of rotatable bonds is 5. The maximum absolute atomic E-state index is 10.2. The summed E-state index contributed by atoms with van der Waals surface area (Å²) in [5.41, 5.74) is 2.85. The Bertz CT molecular complexity index is 371. The molecule has 0 bridgehead atoms. The number of ketones is 1. The number of Topliss-reactive ketones (excluding diaryl/α,β-unsaturated/α-hetero) is 1. The Labute approximate surface area is 92.9 Å². The SMILES string of the molecule is O=CC(=O)CCCC(=O)O.c1cc2ccc1-2. The van der Waals surface area contributed by atoms with Crippen LogP contribution in [-0.2, 0) is 14.4 Å². The Morgan fingerprint density at radius 1 is 1.06 bits per heavy atom. The maximum Gasteiger partial charge on any atom is 0.303 e. The summed E-state index contributed by atoms with van der Waals surface area (Å²) >= 11 is 0. The van der Waals surface area contributed by atoms with Gasteiger partial charge < -0.3 is 5.11 Å². The number of carboxylic acids is 1. The summed E-state index contributed by atoms with van der Waals surface area (Å²) < 4.78 is 0. The average Bonchev–Trinajstić information content (AvgIpc) is 2.23. The molecule has 0 aliphatic heterocycles. The lowest BCUT2D eigenvalue weighted by molar-refractivity contribution is -0.137. The van der Waals surface area contributed by atoms with E-state index in [1.54, 1.807) is 0 Å². The number of hydrogen-bond donors (Lipinski definition) is 1.